The molecule has 1 aliphatic carbocycles. The monoisotopic (exact) mass is 280 g/mol. The molecule has 0 atom stereocenters. The fourth-order valence-corrected chi connectivity index (χ4v) is 2.62. The lowest BCUT2D eigenvalue weighted by Gasteiger charge is -2.06. The average Bonchev–Trinajstić information content (AvgIpc) is 2.55. The van der Waals surface area contributed by atoms with E-state index in [1.54, 1.807) is 36.4 Å². The average molecular weight is 280 g/mol. The second-order valence-corrected chi connectivity index (χ2v) is 5.04. The van der Waals surface area contributed by atoms with Crippen molar-refractivity contribution in [2.24, 2.45) is 0 Å². The van der Waals surface area contributed by atoms with Crippen molar-refractivity contribution in [2.75, 3.05) is 0 Å². The van der Waals surface area contributed by atoms with Gasteiger partial charge in [-0.05, 0) is 17.2 Å². The lowest BCUT2D eigenvalue weighted by atomic mass is 9.96. The summed E-state index contributed by atoms with van der Waals surface area (Å²) in [6.07, 6.45) is 0.0174. The number of carboxylic acid groups (broad SMARTS) is 1. The first-order valence-electron chi connectivity index (χ1n) is 6.57. The van der Waals surface area contributed by atoms with E-state index in [0.29, 0.717) is 27.8 Å². The molecule has 0 amide bonds. The van der Waals surface area contributed by atoms with Gasteiger partial charge in [-0.15, -0.1) is 0 Å². The largest absolute Gasteiger partial charge is 0.481 e. The van der Waals surface area contributed by atoms with Crippen molar-refractivity contribution in [2.45, 2.75) is 12.8 Å². The van der Waals surface area contributed by atoms with Gasteiger partial charge in [0.2, 0.25) is 0 Å². The number of carboxylic acids is 1. The molecule has 0 bridgehead atoms. The van der Waals surface area contributed by atoms with Crippen molar-refractivity contribution < 1.29 is 19.5 Å². The maximum absolute atomic E-state index is 12.6. The van der Waals surface area contributed by atoms with Crippen LogP contribution in [0.5, 0.6) is 0 Å². The summed E-state index contributed by atoms with van der Waals surface area (Å²) in [4.78, 5) is 35.7. The predicted molar refractivity (Wildman–Crippen MR) is 75.7 cm³/mol. The lowest BCUT2D eigenvalue weighted by Crippen LogP contribution is -2.08. The molecule has 2 aromatic rings. The SMILES string of the molecule is O=C(O)Cc1ccc2c(c1)C(=O)c1ccccc1CC2=O. The number of Topliss-reactive ketones (excluding diaryl/α,β-unsaturated/α-hetero) is 1. The number of rotatable bonds is 2. The van der Waals surface area contributed by atoms with Crippen LogP contribution in [0.1, 0.15) is 37.4 Å². The van der Waals surface area contributed by atoms with Gasteiger partial charge in [0.1, 0.15) is 0 Å². The summed E-state index contributed by atoms with van der Waals surface area (Å²) in [6.45, 7) is 0. The summed E-state index contributed by atoms with van der Waals surface area (Å²) in [5.74, 6) is -1.31. The molecule has 0 fully saturated rings. The topological polar surface area (TPSA) is 71.4 Å². The number of benzene rings is 2. The van der Waals surface area contributed by atoms with Crippen LogP contribution in [0, 0.1) is 0 Å². The number of carbonyl (C=O) groups is 3. The van der Waals surface area contributed by atoms with Crippen LogP contribution in [0.15, 0.2) is 42.5 Å². The Morgan fingerprint density at radius 3 is 2.52 bits per heavy atom. The molecule has 1 N–H and O–H groups in total. The van der Waals surface area contributed by atoms with Crippen molar-refractivity contribution in [1.29, 1.82) is 0 Å². The molecule has 3 rings (SSSR count). The zero-order chi connectivity index (χ0) is 15.0. The highest BCUT2D eigenvalue weighted by molar-refractivity contribution is 6.19. The Balaban J connectivity index is 2.16. The molecule has 0 unspecified atom stereocenters. The number of hydrogen-bond acceptors (Lipinski definition) is 3. The molecule has 0 saturated heterocycles. The maximum atomic E-state index is 12.6. The number of aliphatic carboxylic acids is 1. The Kier molecular flexibility index (Phi) is 3.14. The smallest absolute Gasteiger partial charge is 0.307 e. The molecule has 0 radical (unpaired) electrons. The summed E-state index contributed by atoms with van der Waals surface area (Å²) in [5.41, 5.74) is 2.40. The number of fused-ring (bicyclic) bond motifs is 2. The van der Waals surface area contributed by atoms with Gasteiger partial charge >= 0.3 is 5.97 Å². The molecule has 0 aliphatic heterocycles. The Labute approximate surface area is 121 Å². The molecule has 4 nitrogen and oxygen atoms in total. The minimum absolute atomic E-state index is 0.120. The van der Waals surface area contributed by atoms with Crippen LogP contribution in [-0.2, 0) is 17.6 Å². The van der Waals surface area contributed by atoms with E-state index in [1.807, 2.05) is 0 Å². The van der Waals surface area contributed by atoms with E-state index in [2.05, 4.69) is 0 Å². The van der Waals surface area contributed by atoms with Gasteiger partial charge in [-0.1, -0.05) is 36.4 Å². The Morgan fingerprint density at radius 2 is 1.76 bits per heavy atom. The molecular weight excluding hydrogens is 268 g/mol. The molecule has 104 valence electrons. The first-order valence-corrected chi connectivity index (χ1v) is 6.57. The first-order chi connectivity index (χ1) is 10.1. The fourth-order valence-electron chi connectivity index (χ4n) is 2.62. The van der Waals surface area contributed by atoms with E-state index in [0.717, 1.165) is 0 Å². The Morgan fingerprint density at radius 1 is 1.00 bits per heavy atom. The summed E-state index contributed by atoms with van der Waals surface area (Å²) in [6, 6.07) is 11.7. The molecule has 1 aliphatic rings. The lowest BCUT2D eigenvalue weighted by molar-refractivity contribution is -0.136. The van der Waals surface area contributed by atoms with Crippen LogP contribution in [0.2, 0.25) is 0 Å². The van der Waals surface area contributed by atoms with Crippen LogP contribution in [-0.4, -0.2) is 22.6 Å². The summed E-state index contributed by atoms with van der Waals surface area (Å²) >= 11 is 0. The summed E-state index contributed by atoms with van der Waals surface area (Å²) in [5, 5.41) is 8.85. The van der Waals surface area contributed by atoms with Crippen molar-refractivity contribution in [3.05, 3.63) is 70.3 Å². The third-order valence-electron chi connectivity index (χ3n) is 3.60. The standard InChI is InChI=1S/C17H12O4/c18-15-9-11-3-1-2-4-12(11)17(21)14-7-10(8-16(19)20)5-6-13(14)15/h1-7H,8-9H2,(H,19,20). The van der Waals surface area contributed by atoms with Crippen LogP contribution in [0.4, 0.5) is 0 Å². The first kappa shape index (κ1) is 13.2. The Bertz CT molecular complexity index is 774. The van der Waals surface area contributed by atoms with Crippen LogP contribution in [0.3, 0.4) is 0 Å². The quantitative estimate of drug-likeness (QED) is 0.916. The van der Waals surface area contributed by atoms with Gasteiger partial charge in [0.25, 0.3) is 0 Å². The zero-order valence-corrected chi connectivity index (χ0v) is 11.1. The second kappa shape index (κ2) is 4.98. The highest BCUT2D eigenvalue weighted by atomic mass is 16.4. The van der Waals surface area contributed by atoms with Gasteiger partial charge in [0.05, 0.1) is 6.42 Å². The molecule has 4 heteroatoms. The molecule has 0 aromatic heterocycles. The minimum atomic E-state index is -0.970. The second-order valence-electron chi connectivity index (χ2n) is 5.04. The van der Waals surface area contributed by atoms with E-state index in [-0.39, 0.29) is 24.4 Å². The Hall–Kier alpha value is -2.75. The number of ketones is 2. The molecule has 0 saturated carbocycles. The highest BCUT2D eigenvalue weighted by Gasteiger charge is 2.25. The maximum Gasteiger partial charge on any atom is 0.307 e. The van der Waals surface area contributed by atoms with Gasteiger partial charge in [0.15, 0.2) is 11.6 Å². The van der Waals surface area contributed by atoms with E-state index in [9.17, 15) is 14.4 Å². The van der Waals surface area contributed by atoms with Crippen LogP contribution >= 0.6 is 0 Å². The third-order valence-corrected chi connectivity index (χ3v) is 3.60. The van der Waals surface area contributed by atoms with Crippen molar-refractivity contribution in [1.82, 2.24) is 0 Å². The van der Waals surface area contributed by atoms with E-state index >= 15 is 0 Å². The van der Waals surface area contributed by atoms with Gasteiger partial charge in [-0.25, -0.2) is 0 Å². The molecular formula is C17H12O4. The van der Waals surface area contributed by atoms with Crippen molar-refractivity contribution in [3.63, 3.8) is 0 Å². The summed E-state index contributed by atoms with van der Waals surface area (Å²) in [7, 11) is 0. The highest BCUT2D eigenvalue weighted by Crippen LogP contribution is 2.25. The molecule has 21 heavy (non-hydrogen) atoms. The summed E-state index contributed by atoms with van der Waals surface area (Å²) < 4.78 is 0. The zero-order valence-electron chi connectivity index (χ0n) is 11.1. The molecule has 0 heterocycles. The van der Waals surface area contributed by atoms with Gasteiger partial charge in [-0.3, -0.25) is 14.4 Å². The third kappa shape index (κ3) is 2.36. The van der Waals surface area contributed by atoms with E-state index in [4.69, 9.17) is 5.11 Å². The predicted octanol–water partition coefficient (Wildman–Crippen LogP) is 2.28. The van der Waals surface area contributed by atoms with Crippen molar-refractivity contribution in [3.8, 4) is 0 Å². The van der Waals surface area contributed by atoms with E-state index < -0.39 is 5.97 Å². The minimum Gasteiger partial charge on any atom is -0.481 e. The normalized spacial score (nSPS) is 13.3. The fraction of sp³-hybridized carbons (Fsp3) is 0.118. The van der Waals surface area contributed by atoms with Crippen LogP contribution in [0.25, 0.3) is 0 Å². The number of carbonyl (C=O) groups excluding carboxylic acids is 2. The molecule has 2 aromatic carbocycles. The van der Waals surface area contributed by atoms with Crippen molar-refractivity contribution >= 4 is 17.5 Å². The number of hydrogen-bond donors (Lipinski definition) is 1. The van der Waals surface area contributed by atoms with Crippen LogP contribution < -0.4 is 0 Å². The van der Waals surface area contributed by atoms with Gasteiger partial charge in [-0.2, -0.15) is 0 Å². The van der Waals surface area contributed by atoms with Gasteiger partial charge in [0, 0.05) is 23.1 Å². The molecule has 0 spiro atoms. The van der Waals surface area contributed by atoms with E-state index in [1.165, 1.54) is 6.07 Å². The van der Waals surface area contributed by atoms with Gasteiger partial charge < -0.3 is 5.11 Å².